The van der Waals surface area contributed by atoms with Gasteiger partial charge in [-0.05, 0) is 66.8 Å². The molecule has 34 heavy (non-hydrogen) atoms. The SMILES string of the molecule is CCCOc1ccc(/C(O)=C2/C(=O)C(=O)N(Cc3ccco3)C2c2ccc(CC)cc2)cc1C. The number of carbonyl (C=O) groups is 2. The van der Waals surface area contributed by atoms with E-state index < -0.39 is 17.7 Å². The average molecular weight is 460 g/mol. The Bertz CT molecular complexity index is 1210. The summed E-state index contributed by atoms with van der Waals surface area (Å²) in [4.78, 5) is 27.7. The summed E-state index contributed by atoms with van der Waals surface area (Å²) in [5, 5.41) is 11.3. The summed E-state index contributed by atoms with van der Waals surface area (Å²) in [7, 11) is 0. The first-order chi connectivity index (χ1) is 16.4. The van der Waals surface area contributed by atoms with Gasteiger partial charge in [-0.25, -0.2) is 0 Å². The molecule has 1 unspecified atom stereocenters. The molecule has 2 heterocycles. The van der Waals surface area contributed by atoms with Gasteiger partial charge in [0.2, 0.25) is 0 Å². The van der Waals surface area contributed by atoms with Gasteiger partial charge in [-0.15, -0.1) is 0 Å². The molecule has 1 amide bonds. The summed E-state index contributed by atoms with van der Waals surface area (Å²) in [6, 6.07) is 15.8. The lowest BCUT2D eigenvalue weighted by Crippen LogP contribution is -2.29. The highest BCUT2D eigenvalue weighted by atomic mass is 16.5. The Balaban J connectivity index is 1.80. The van der Waals surface area contributed by atoms with Crippen molar-refractivity contribution in [3.05, 3.63) is 94.4 Å². The summed E-state index contributed by atoms with van der Waals surface area (Å²) < 4.78 is 11.2. The van der Waals surface area contributed by atoms with E-state index in [2.05, 4.69) is 6.92 Å². The summed E-state index contributed by atoms with van der Waals surface area (Å²) in [6.45, 7) is 6.70. The second kappa shape index (κ2) is 10.00. The number of hydrogen-bond donors (Lipinski definition) is 1. The second-order valence-electron chi connectivity index (χ2n) is 8.43. The molecule has 4 rings (SSSR count). The van der Waals surface area contributed by atoms with E-state index in [1.54, 1.807) is 30.3 Å². The normalized spacial score (nSPS) is 17.4. The minimum atomic E-state index is -0.729. The highest BCUT2D eigenvalue weighted by Crippen LogP contribution is 2.40. The molecule has 6 heteroatoms. The van der Waals surface area contributed by atoms with Gasteiger partial charge in [0.25, 0.3) is 11.7 Å². The van der Waals surface area contributed by atoms with Crippen molar-refractivity contribution < 1.29 is 23.8 Å². The van der Waals surface area contributed by atoms with Crippen molar-refractivity contribution in [2.45, 2.75) is 46.2 Å². The smallest absolute Gasteiger partial charge is 0.296 e. The third-order valence-corrected chi connectivity index (χ3v) is 6.06. The molecule has 1 saturated heterocycles. The molecule has 0 bridgehead atoms. The van der Waals surface area contributed by atoms with Crippen molar-refractivity contribution in [3.63, 3.8) is 0 Å². The third kappa shape index (κ3) is 4.49. The highest BCUT2D eigenvalue weighted by Gasteiger charge is 2.46. The maximum absolute atomic E-state index is 13.2. The first-order valence-electron chi connectivity index (χ1n) is 11.6. The molecule has 0 spiro atoms. The molecule has 6 nitrogen and oxygen atoms in total. The zero-order chi connectivity index (χ0) is 24.2. The van der Waals surface area contributed by atoms with Crippen LogP contribution in [0.15, 0.2) is 70.9 Å². The fraction of sp³-hybridized carbons (Fsp3) is 0.286. The molecular weight excluding hydrogens is 430 g/mol. The van der Waals surface area contributed by atoms with Crippen molar-refractivity contribution in [2.75, 3.05) is 6.61 Å². The van der Waals surface area contributed by atoms with Crippen LogP contribution < -0.4 is 4.74 Å². The molecule has 1 atom stereocenters. The number of likely N-dealkylation sites (tertiary alicyclic amines) is 1. The summed E-state index contributed by atoms with van der Waals surface area (Å²) in [6.07, 6.45) is 3.29. The van der Waals surface area contributed by atoms with Gasteiger partial charge < -0.3 is 19.2 Å². The Kier molecular flexibility index (Phi) is 6.87. The van der Waals surface area contributed by atoms with Gasteiger partial charge in [0, 0.05) is 5.56 Å². The molecule has 0 saturated carbocycles. The van der Waals surface area contributed by atoms with Gasteiger partial charge in [-0.2, -0.15) is 0 Å². The van der Waals surface area contributed by atoms with Crippen LogP contribution in [0.2, 0.25) is 0 Å². The van der Waals surface area contributed by atoms with E-state index in [-0.39, 0.29) is 17.9 Å². The van der Waals surface area contributed by atoms with E-state index in [1.807, 2.05) is 38.1 Å². The molecule has 1 aliphatic rings. The molecule has 3 aromatic rings. The third-order valence-electron chi connectivity index (χ3n) is 6.06. The van der Waals surface area contributed by atoms with Crippen LogP contribution in [0.4, 0.5) is 0 Å². The van der Waals surface area contributed by atoms with Gasteiger partial charge in [0.15, 0.2) is 0 Å². The number of ketones is 1. The Labute approximate surface area is 199 Å². The fourth-order valence-corrected chi connectivity index (χ4v) is 4.22. The number of benzene rings is 2. The van der Waals surface area contributed by atoms with Crippen molar-refractivity contribution >= 4 is 17.4 Å². The van der Waals surface area contributed by atoms with E-state index in [9.17, 15) is 14.7 Å². The maximum Gasteiger partial charge on any atom is 0.296 e. The van der Waals surface area contributed by atoms with E-state index in [0.29, 0.717) is 17.9 Å². The van der Waals surface area contributed by atoms with Gasteiger partial charge >= 0.3 is 0 Å². The monoisotopic (exact) mass is 459 g/mol. The number of aryl methyl sites for hydroxylation is 2. The van der Waals surface area contributed by atoms with Crippen LogP contribution in [-0.4, -0.2) is 28.3 Å². The van der Waals surface area contributed by atoms with Crippen molar-refractivity contribution in [1.82, 2.24) is 4.90 Å². The topological polar surface area (TPSA) is 80.0 Å². The van der Waals surface area contributed by atoms with Crippen LogP contribution in [0.25, 0.3) is 5.76 Å². The summed E-state index contributed by atoms with van der Waals surface area (Å²) in [5.74, 6) is -0.288. The number of ether oxygens (including phenoxy) is 1. The van der Waals surface area contributed by atoms with E-state index >= 15 is 0 Å². The Morgan fingerprint density at radius 1 is 1.09 bits per heavy atom. The maximum atomic E-state index is 13.2. The largest absolute Gasteiger partial charge is 0.507 e. The van der Waals surface area contributed by atoms with Crippen molar-refractivity contribution in [2.24, 2.45) is 0 Å². The standard InChI is InChI=1S/C28H29NO5/c1-4-14-34-23-13-12-21(16-18(23)3)26(30)24-25(20-10-8-19(5-2)9-11-20)29(28(32)27(24)31)17-22-7-6-15-33-22/h6-13,15-16,25,30H,4-5,14,17H2,1-3H3/b26-24-. The molecule has 1 aliphatic heterocycles. The average Bonchev–Trinajstić information content (AvgIpc) is 3.45. The highest BCUT2D eigenvalue weighted by molar-refractivity contribution is 6.46. The van der Waals surface area contributed by atoms with Crippen molar-refractivity contribution in [3.8, 4) is 5.75 Å². The van der Waals surface area contributed by atoms with Crippen LogP contribution >= 0.6 is 0 Å². The quantitative estimate of drug-likeness (QED) is 0.271. The van der Waals surface area contributed by atoms with Gasteiger partial charge in [-0.3, -0.25) is 9.59 Å². The molecular formula is C28H29NO5. The fourth-order valence-electron chi connectivity index (χ4n) is 4.22. The molecule has 0 aliphatic carbocycles. The van der Waals surface area contributed by atoms with Crippen LogP contribution in [0, 0.1) is 6.92 Å². The number of furan rings is 1. The molecule has 1 N–H and O–H groups in total. The van der Waals surface area contributed by atoms with Gasteiger partial charge in [0.1, 0.15) is 17.3 Å². The van der Waals surface area contributed by atoms with Crippen LogP contribution in [0.3, 0.4) is 0 Å². The minimum absolute atomic E-state index is 0.0717. The number of aliphatic hydroxyl groups is 1. The van der Waals surface area contributed by atoms with Crippen LogP contribution in [0.5, 0.6) is 5.75 Å². The number of nitrogens with zero attached hydrogens (tertiary/aromatic N) is 1. The molecule has 1 fully saturated rings. The molecule has 1 aromatic heterocycles. The Hall–Kier alpha value is -3.80. The van der Waals surface area contributed by atoms with Crippen LogP contribution in [0.1, 0.15) is 54.3 Å². The number of carbonyl (C=O) groups excluding carboxylic acids is 2. The lowest BCUT2D eigenvalue weighted by atomic mass is 9.94. The van der Waals surface area contributed by atoms with Crippen LogP contribution in [-0.2, 0) is 22.6 Å². The van der Waals surface area contributed by atoms with Gasteiger partial charge in [-0.1, -0.05) is 38.1 Å². The lowest BCUT2D eigenvalue weighted by Gasteiger charge is -2.24. The second-order valence-corrected chi connectivity index (χ2v) is 8.43. The summed E-state index contributed by atoms with van der Waals surface area (Å²) >= 11 is 0. The van der Waals surface area contributed by atoms with E-state index in [4.69, 9.17) is 9.15 Å². The predicted octanol–water partition coefficient (Wildman–Crippen LogP) is 5.56. The summed E-state index contributed by atoms with van der Waals surface area (Å²) in [5.41, 5.74) is 3.27. The predicted molar refractivity (Wildman–Crippen MR) is 129 cm³/mol. The lowest BCUT2D eigenvalue weighted by molar-refractivity contribution is -0.140. The number of rotatable bonds is 8. The Morgan fingerprint density at radius 3 is 2.47 bits per heavy atom. The Morgan fingerprint density at radius 2 is 1.85 bits per heavy atom. The molecule has 176 valence electrons. The number of amides is 1. The van der Waals surface area contributed by atoms with Crippen molar-refractivity contribution in [1.29, 1.82) is 0 Å². The first-order valence-corrected chi connectivity index (χ1v) is 11.6. The number of hydrogen-bond acceptors (Lipinski definition) is 5. The zero-order valence-electron chi connectivity index (χ0n) is 19.7. The molecule has 2 aromatic carbocycles. The van der Waals surface area contributed by atoms with E-state index in [1.165, 1.54) is 11.2 Å². The number of aliphatic hydroxyl groups excluding tert-OH is 1. The van der Waals surface area contributed by atoms with E-state index in [0.717, 1.165) is 35.3 Å². The minimum Gasteiger partial charge on any atom is -0.507 e. The first kappa shape index (κ1) is 23.4. The number of Topliss-reactive ketones (excluding diaryl/α,β-unsaturated/α-hetero) is 1. The van der Waals surface area contributed by atoms with Gasteiger partial charge in [0.05, 0.1) is 31.0 Å². The zero-order valence-corrected chi connectivity index (χ0v) is 19.7. The molecule has 0 radical (unpaired) electrons.